The van der Waals surface area contributed by atoms with E-state index < -0.39 is 10.3 Å². The zero-order valence-corrected chi connectivity index (χ0v) is 7.34. The number of pyridine rings is 1. The quantitative estimate of drug-likeness (QED) is 0.650. The van der Waals surface area contributed by atoms with Gasteiger partial charge in [0.05, 0.1) is 11.3 Å². The number of hydrogen-bond acceptors (Lipinski definition) is 4. The highest BCUT2D eigenvalue weighted by Gasteiger charge is 2.23. The maximum absolute atomic E-state index is 11.0. The molecule has 0 radical (unpaired) electrons. The first-order chi connectivity index (χ1) is 6.08. The van der Waals surface area contributed by atoms with Crippen molar-refractivity contribution in [2.45, 2.75) is 0 Å². The van der Waals surface area contributed by atoms with Crippen molar-refractivity contribution >= 4 is 16.0 Å². The van der Waals surface area contributed by atoms with Crippen LogP contribution in [-0.4, -0.2) is 13.4 Å². The lowest BCUT2D eigenvalue weighted by Crippen LogP contribution is -2.31. The van der Waals surface area contributed by atoms with Crippen molar-refractivity contribution in [1.29, 1.82) is 0 Å². The predicted molar refractivity (Wildman–Crippen MR) is 46.0 cm³/mol. The molecule has 0 atom stereocenters. The zero-order chi connectivity index (χ0) is 9.47. The van der Waals surface area contributed by atoms with E-state index in [2.05, 4.69) is 20.5 Å². The van der Waals surface area contributed by atoms with Gasteiger partial charge in [-0.05, 0) is 0 Å². The molecular formula is C7H6N2O3S. The summed E-state index contributed by atoms with van der Waals surface area (Å²) in [5.41, 5.74) is 0.826. The SMILES string of the molecule is C=C1NS(=O)(=O)Oc2ccncc21. The van der Waals surface area contributed by atoms with Crippen LogP contribution in [0.5, 0.6) is 5.75 Å². The van der Waals surface area contributed by atoms with Gasteiger partial charge in [0, 0.05) is 18.5 Å². The van der Waals surface area contributed by atoms with Crippen molar-refractivity contribution in [3.63, 3.8) is 0 Å². The van der Waals surface area contributed by atoms with Gasteiger partial charge in [0.1, 0.15) is 0 Å². The summed E-state index contributed by atoms with van der Waals surface area (Å²) in [6, 6.07) is 1.47. The predicted octanol–water partition coefficient (Wildman–Crippen LogP) is 0.279. The van der Waals surface area contributed by atoms with Gasteiger partial charge in [-0.15, -0.1) is 0 Å². The second-order valence-electron chi connectivity index (χ2n) is 2.49. The number of fused-ring (bicyclic) bond motifs is 1. The number of aromatic nitrogens is 1. The van der Waals surface area contributed by atoms with Crippen LogP contribution in [0.15, 0.2) is 25.0 Å². The maximum Gasteiger partial charge on any atom is 0.407 e. The Hall–Kier alpha value is -1.56. The van der Waals surface area contributed by atoms with Gasteiger partial charge >= 0.3 is 10.3 Å². The summed E-state index contributed by atoms with van der Waals surface area (Å²) in [4.78, 5) is 3.82. The molecule has 6 heteroatoms. The van der Waals surface area contributed by atoms with E-state index in [-0.39, 0.29) is 11.4 Å². The molecule has 0 saturated heterocycles. The number of nitrogens with zero attached hydrogens (tertiary/aromatic N) is 1. The third-order valence-electron chi connectivity index (χ3n) is 1.55. The van der Waals surface area contributed by atoms with E-state index in [4.69, 9.17) is 0 Å². The lowest BCUT2D eigenvalue weighted by Gasteiger charge is -2.19. The van der Waals surface area contributed by atoms with Crippen molar-refractivity contribution in [3.05, 3.63) is 30.6 Å². The second kappa shape index (κ2) is 2.46. The van der Waals surface area contributed by atoms with E-state index in [0.29, 0.717) is 5.56 Å². The van der Waals surface area contributed by atoms with E-state index in [1.165, 1.54) is 18.5 Å². The maximum atomic E-state index is 11.0. The Bertz CT molecular complexity index is 466. The average molecular weight is 198 g/mol. The van der Waals surface area contributed by atoms with E-state index in [9.17, 15) is 8.42 Å². The number of nitrogens with one attached hydrogen (secondary N) is 1. The topological polar surface area (TPSA) is 68.3 Å². The summed E-state index contributed by atoms with van der Waals surface area (Å²) >= 11 is 0. The lowest BCUT2D eigenvalue weighted by molar-refractivity contribution is 0.473. The Balaban J connectivity index is 2.61. The molecule has 1 aromatic rings. The van der Waals surface area contributed by atoms with E-state index in [1.54, 1.807) is 0 Å². The van der Waals surface area contributed by atoms with E-state index in [0.717, 1.165) is 0 Å². The minimum absolute atomic E-state index is 0.249. The fraction of sp³-hybridized carbons (Fsp3) is 0. The van der Waals surface area contributed by atoms with E-state index >= 15 is 0 Å². The van der Waals surface area contributed by atoms with Crippen LogP contribution in [0.25, 0.3) is 5.70 Å². The monoisotopic (exact) mass is 198 g/mol. The average Bonchev–Trinajstić information content (AvgIpc) is 2.02. The second-order valence-corrected chi connectivity index (χ2v) is 3.77. The van der Waals surface area contributed by atoms with Gasteiger partial charge in [-0.2, -0.15) is 8.42 Å². The largest absolute Gasteiger partial charge is 0.407 e. The van der Waals surface area contributed by atoms with Crippen molar-refractivity contribution in [2.75, 3.05) is 0 Å². The van der Waals surface area contributed by atoms with Crippen LogP contribution in [0, 0.1) is 0 Å². The van der Waals surface area contributed by atoms with Crippen molar-refractivity contribution in [2.24, 2.45) is 0 Å². The molecule has 0 unspecified atom stereocenters. The summed E-state index contributed by atoms with van der Waals surface area (Å²) < 4.78 is 28.8. The van der Waals surface area contributed by atoms with Crippen LogP contribution in [0.1, 0.15) is 5.56 Å². The minimum atomic E-state index is -3.72. The molecule has 2 rings (SSSR count). The summed E-state index contributed by atoms with van der Waals surface area (Å²) in [6.45, 7) is 3.54. The fourth-order valence-corrected chi connectivity index (χ4v) is 1.86. The first-order valence-corrected chi connectivity index (χ1v) is 4.85. The Morgan fingerprint density at radius 2 is 2.31 bits per heavy atom. The van der Waals surface area contributed by atoms with Crippen molar-refractivity contribution < 1.29 is 12.6 Å². The standard InChI is InChI=1S/C7H6N2O3S/c1-5-6-4-8-3-2-7(6)12-13(10,11)9-5/h2-4,9H,1H2. The van der Waals surface area contributed by atoms with Crippen LogP contribution in [0.3, 0.4) is 0 Å². The van der Waals surface area contributed by atoms with Crippen molar-refractivity contribution in [3.8, 4) is 5.75 Å². The Labute approximate surface area is 75.3 Å². The number of hydrogen-bond donors (Lipinski definition) is 1. The summed E-state index contributed by atoms with van der Waals surface area (Å²) in [5, 5.41) is 0. The summed E-state index contributed by atoms with van der Waals surface area (Å²) in [5.74, 6) is 0.249. The fourth-order valence-electron chi connectivity index (χ4n) is 1.03. The molecule has 1 aromatic heterocycles. The van der Waals surface area contributed by atoms with Gasteiger partial charge in [0.25, 0.3) is 0 Å². The van der Waals surface area contributed by atoms with Crippen LogP contribution >= 0.6 is 0 Å². The van der Waals surface area contributed by atoms with Crippen LogP contribution in [-0.2, 0) is 10.3 Å². The third-order valence-corrected chi connectivity index (χ3v) is 2.45. The molecule has 1 aliphatic rings. The van der Waals surface area contributed by atoms with Gasteiger partial charge < -0.3 is 4.18 Å². The molecular weight excluding hydrogens is 192 g/mol. The molecule has 1 aliphatic heterocycles. The smallest absolute Gasteiger partial charge is 0.366 e. The number of rotatable bonds is 0. The minimum Gasteiger partial charge on any atom is -0.366 e. The van der Waals surface area contributed by atoms with Crippen LogP contribution in [0.2, 0.25) is 0 Å². The first-order valence-electron chi connectivity index (χ1n) is 3.44. The van der Waals surface area contributed by atoms with Gasteiger partial charge in [-0.25, -0.2) is 0 Å². The molecule has 0 saturated carbocycles. The first kappa shape index (κ1) is 8.06. The highest BCUT2D eigenvalue weighted by atomic mass is 32.2. The highest BCUT2D eigenvalue weighted by Crippen LogP contribution is 2.27. The van der Waals surface area contributed by atoms with Gasteiger partial charge in [0.15, 0.2) is 5.75 Å². The molecule has 0 spiro atoms. The highest BCUT2D eigenvalue weighted by molar-refractivity contribution is 7.85. The Morgan fingerprint density at radius 3 is 3.08 bits per heavy atom. The van der Waals surface area contributed by atoms with E-state index in [1.807, 2.05) is 0 Å². The molecule has 0 aromatic carbocycles. The summed E-state index contributed by atoms with van der Waals surface area (Å²) in [7, 11) is -3.72. The van der Waals surface area contributed by atoms with Crippen LogP contribution in [0.4, 0.5) is 0 Å². The van der Waals surface area contributed by atoms with Crippen LogP contribution < -0.4 is 8.91 Å². The van der Waals surface area contributed by atoms with Crippen molar-refractivity contribution in [1.82, 2.24) is 9.71 Å². The molecule has 0 amide bonds. The van der Waals surface area contributed by atoms with Gasteiger partial charge in [-0.1, -0.05) is 6.58 Å². The third kappa shape index (κ3) is 1.35. The Kier molecular flexibility index (Phi) is 1.53. The van der Waals surface area contributed by atoms with Gasteiger partial charge in [-0.3, -0.25) is 9.71 Å². The molecule has 1 N–H and O–H groups in total. The molecule has 0 fully saturated rings. The molecule has 68 valence electrons. The molecule has 13 heavy (non-hydrogen) atoms. The normalized spacial score (nSPS) is 18.3. The molecule has 0 aliphatic carbocycles. The Morgan fingerprint density at radius 1 is 1.54 bits per heavy atom. The molecule has 0 bridgehead atoms. The molecule has 5 nitrogen and oxygen atoms in total. The lowest BCUT2D eigenvalue weighted by atomic mass is 10.2. The molecule has 2 heterocycles. The zero-order valence-electron chi connectivity index (χ0n) is 6.52. The van der Waals surface area contributed by atoms with Gasteiger partial charge in [0.2, 0.25) is 0 Å². The summed E-state index contributed by atoms with van der Waals surface area (Å²) in [6.07, 6.45) is 2.94.